The van der Waals surface area contributed by atoms with Crippen molar-refractivity contribution in [1.82, 2.24) is 25.2 Å². The summed E-state index contributed by atoms with van der Waals surface area (Å²) in [6.07, 6.45) is 4.86. The molecule has 0 spiro atoms. The van der Waals surface area contributed by atoms with E-state index < -0.39 is 5.60 Å². The number of rotatable bonds is 11. The molecule has 2 heterocycles. The predicted molar refractivity (Wildman–Crippen MR) is 163 cm³/mol. The number of imidazole rings is 1. The number of nitrogens with zero attached hydrogens (tertiary/aromatic N) is 3. The van der Waals surface area contributed by atoms with E-state index in [0.717, 1.165) is 29.6 Å². The van der Waals surface area contributed by atoms with E-state index in [1.54, 1.807) is 40.9 Å². The Bertz CT molecular complexity index is 1410. The largest absolute Gasteiger partial charge is 0.342 e. The van der Waals surface area contributed by atoms with Crippen LogP contribution in [-0.4, -0.2) is 74.9 Å². The summed E-state index contributed by atoms with van der Waals surface area (Å²) in [6.45, 7) is 6.38. The molecule has 1 aromatic heterocycles. The van der Waals surface area contributed by atoms with E-state index in [-0.39, 0.29) is 35.5 Å². The first-order valence-electron chi connectivity index (χ1n) is 13.5. The van der Waals surface area contributed by atoms with Gasteiger partial charge in [-0.3, -0.25) is 19.2 Å². The Labute approximate surface area is 254 Å². The van der Waals surface area contributed by atoms with E-state index in [1.807, 2.05) is 33.1 Å². The van der Waals surface area contributed by atoms with E-state index in [4.69, 9.17) is 28.0 Å². The summed E-state index contributed by atoms with van der Waals surface area (Å²) in [5, 5.41) is 5.08. The van der Waals surface area contributed by atoms with Crippen molar-refractivity contribution in [2.24, 2.45) is 0 Å². The smallest absolute Gasteiger partial charge is 0.255 e. The molecule has 1 aliphatic rings. The minimum absolute atomic E-state index is 0.186. The first kappa shape index (κ1) is 31.2. The Hall–Kier alpha value is -2.79. The van der Waals surface area contributed by atoms with Crippen molar-refractivity contribution >= 4 is 64.2 Å². The standard InChI is InChI=1S/C29H35Cl2N5O4S/c1-29(2,3)40-35(17-37)16-20-6-5-12-36(20)28(39)21-9-7-18(14-22(21)31)27(38)34-24(11-13-41-4)26-32-23-10-8-19(30)15-25(23)33-26/h7-10,14-15,17,20,24H,5-6,11-13,16H2,1-4H3,(H,32,33)(H,34,38)/t20-,24-/m0/s1. The van der Waals surface area contributed by atoms with Gasteiger partial charge in [0.2, 0.25) is 6.41 Å². The number of hydroxylamine groups is 2. The Morgan fingerprint density at radius 3 is 2.73 bits per heavy atom. The van der Waals surface area contributed by atoms with Gasteiger partial charge in [-0.15, -0.1) is 0 Å². The number of nitrogens with one attached hydrogen (secondary N) is 2. The first-order valence-corrected chi connectivity index (χ1v) is 15.6. The van der Waals surface area contributed by atoms with Gasteiger partial charge in [-0.1, -0.05) is 23.2 Å². The molecule has 3 aromatic rings. The third-order valence-electron chi connectivity index (χ3n) is 6.71. The van der Waals surface area contributed by atoms with Gasteiger partial charge in [0.1, 0.15) is 5.82 Å². The summed E-state index contributed by atoms with van der Waals surface area (Å²) in [5.74, 6) is 0.888. The van der Waals surface area contributed by atoms with Gasteiger partial charge in [0.05, 0.1) is 45.8 Å². The summed E-state index contributed by atoms with van der Waals surface area (Å²) in [4.78, 5) is 53.7. The Balaban J connectivity index is 1.48. The zero-order valence-corrected chi connectivity index (χ0v) is 25.9. The molecule has 1 fully saturated rings. The molecule has 4 rings (SSSR count). The minimum atomic E-state index is -0.541. The average molecular weight is 621 g/mol. The fraction of sp³-hybridized carbons (Fsp3) is 0.448. The number of carbonyl (C=O) groups is 3. The predicted octanol–water partition coefficient (Wildman–Crippen LogP) is 5.89. The van der Waals surface area contributed by atoms with Gasteiger partial charge in [-0.25, -0.2) is 10.0 Å². The fourth-order valence-electron chi connectivity index (χ4n) is 4.86. The third kappa shape index (κ3) is 7.94. The number of hydrogen-bond donors (Lipinski definition) is 2. The molecule has 1 saturated heterocycles. The zero-order chi connectivity index (χ0) is 29.7. The topological polar surface area (TPSA) is 108 Å². The monoisotopic (exact) mass is 619 g/mol. The van der Waals surface area contributed by atoms with Gasteiger partial charge >= 0.3 is 0 Å². The summed E-state index contributed by atoms with van der Waals surface area (Å²) < 4.78 is 0. The molecular formula is C29H35Cl2N5O4S. The van der Waals surface area contributed by atoms with E-state index in [1.165, 1.54) is 11.1 Å². The highest BCUT2D eigenvalue weighted by atomic mass is 35.5. The highest BCUT2D eigenvalue weighted by Crippen LogP contribution is 2.27. The molecule has 1 aliphatic heterocycles. The molecular weight excluding hydrogens is 585 g/mol. The van der Waals surface area contributed by atoms with Gasteiger partial charge in [0.15, 0.2) is 0 Å². The number of halogens is 2. The Morgan fingerprint density at radius 2 is 2.05 bits per heavy atom. The maximum absolute atomic E-state index is 13.5. The maximum Gasteiger partial charge on any atom is 0.255 e. The second-order valence-electron chi connectivity index (χ2n) is 11.0. The number of hydrogen-bond acceptors (Lipinski definition) is 6. The Kier molecular flexibility index (Phi) is 10.2. The number of aromatic nitrogens is 2. The number of benzene rings is 2. The molecule has 0 bridgehead atoms. The van der Waals surface area contributed by atoms with Gasteiger partial charge in [-0.05, 0) is 88.4 Å². The maximum atomic E-state index is 13.5. The SMILES string of the molecule is CSCC[C@H](NC(=O)c1ccc(C(=O)N2CCC[C@H]2CN(C=O)OC(C)(C)C)c(Cl)c1)c1nc2cc(Cl)ccc2[nH]1. The van der Waals surface area contributed by atoms with Crippen LogP contribution in [0.5, 0.6) is 0 Å². The molecule has 2 aromatic carbocycles. The zero-order valence-electron chi connectivity index (χ0n) is 23.6. The van der Waals surface area contributed by atoms with Crippen LogP contribution in [0.25, 0.3) is 11.0 Å². The van der Waals surface area contributed by atoms with Crippen LogP contribution in [0.2, 0.25) is 10.0 Å². The lowest BCUT2D eigenvalue weighted by molar-refractivity contribution is -0.219. The normalized spacial score (nSPS) is 16.1. The van der Waals surface area contributed by atoms with Crippen LogP contribution in [0.4, 0.5) is 0 Å². The molecule has 0 radical (unpaired) electrons. The van der Waals surface area contributed by atoms with Crippen LogP contribution in [0.15, 0.2) is 36.4 Å². The van der Waals surface area contributed by atoms with Crippen molar-refractivity contribution in [2.45, 2.75) is 57.7 Å². The average Bonchev–Trinajstić information content (AvgIpc) is 3.56. The van der Waals surface area contributed by atoms with E-state index in [0.29, 0.717) is 41.3 Å². The van der Waals surface area contributed by atoms with E-state index >= 15 is 0 Å². The van der Waals surface area contributed by atoms with Crippen LogP contribution in [-0.2, 0) is 9.63 Å². The molecule has 2 N–H and O–H groups in total. The van der Waals surface area contributed by atoms with Crippen LogP contribution in [0.3, 0.4) is 0 Å². The van der Waals surface area contributed by atoms with Crippen molar-refractivity contribution in [1.29, 1.82) is 0 Å². The number of likely N-dealkylation sites (tertiary alicyclic amines) is 1. The number of carbonyl (C=O) groups excluding carboxylic acids is 3. The third-order valence-corrected chi connectivity index (χ3v) is 7.90. The van der Waals surface area contributed by atoms with Crippen molar-refractivity contribution in [2.75, 3.05) is 25.1 Å². The first-order chi connectivity index (χ1) is 19.5. The van der Waals surface area contributed by atoms with E-state index in [9.17, 15) is 14.4 Å². The van der Waals surface area contributed by atoms with Crippen molar-refractivity contribution in [3.63, 3.8) is 0 Å². The molecule has 0 aliphatic carbocycles. The number of aromatic amines is 1. The summed E-state index contributed by atoms with van der Waals surface area (Å²) in [5.41, 5.74) is 1.66. The number of H-pyrrole nitrogens is 1. The van der Waals surface area contributed by atoms with Gasteiger partial charge < -0.3 is 15.2 Å². The lowest BCUT2D eigenvalue weighted by Gasteiger charge is -2.32. The van der Waals surface area contributed by atoms with Gasteiger partial charge in [-0.2, -0.15) is 11.8 Å². The summed E-state index contributed by atoms with van der Waals surface area (Å²) in [6, 6.07) is 9.55. The summed E-state index contributed by atoms with van der Waals surface area (Å²) in [7, 11) is 0. The lowest BCUT2D eigenvalue weighted by Crippen LogP contribution is -2.45. The van der Waals surface area contributed by atoms with Crippen LogP contribution in [0, 0.1) is 0 Å². The fourth-order valence-corrected chi connectivity index (χ4v) is 5.76. The van der Waals surface area contributed by atoms with Crippen molar-refractivity contribution < 1.29 is 19.2 Å². The van der Waals surface area contributed by atoms with Gasteiger partial charge in [0, 0.05) is 17.1 Å². The molecule has 2 atom stereocenters. The molecule has 12 heteroatoms. The molecule has 41 heavy (non-hydrogen) atoms. The van der Waals surface area contributed by atoms with Crippen molar-refractivity contribution in [3.05, 3.63) is 63.4 Å². The molecule has 9 nitrogen and oxygen atoms in total. The van der Waals surface area contributed by atoms with Crippen LogP contribution >= 0.6 is 35.0 Å². The van der Waals surface area contributed by atoms with Gasteiger partial charge in [0.25, 0.3) is 11.8 Å². The minimum Gasteiger partial charge on any atom is -0.342 e. The quantitative estimate of drug-likeness (QED) is 0.205. The molecule has 3 amide bonds. The second kappa shape index (κ2) is 13.5. The van der Waals surface area contributed by atoms with Crippen molar-refractivity contribution in [3.8, 4) is 0 Å². The summed E-state index contributed by atoms with van der Waals surface area (Å²) >= 11 is 14.4. The number of fused-ring (bicyclic) bond motifs is 1. The highest BCUT2D eigenvalue weighted by molar-refractivity contribution is 7.98. The highest BCUT2D eigenvalue weighted by Gasteiger charge is 2.33. The molecule has 0 saturated carbocycles. The number of thioether (sulfide) groups is 1. The lowest BCUT2D eigenvalue weighted by atomic mass is 10.1. The molecule has 0 unspecified atom stereocenters. The Morgan fingerprint density at radius 1 is 1.27 bits per heavy atom. The van der Waals surface area contributed by atoms with E-state index in [2.05, 4.69) is 15.3 Å². The number of amides is 3. The molecule has 220 valence electrons. The van der Waals surface area contributed by atoms with Crippen LogP contribution in [0.1, 0.15) is 72.6 Å². The van der Waals surface area contributed by atoms with Crippen LogP contribution < -0.4 is 5.32 Å². The second-order valence-corrected chi connectivity index (χ2v) is 12.8.